The Kier molecular flexibility index (Phi) is 9.75. The van der Waals surface area contributed by atoms with Crippen LogP contribution in [0.3, 0.4) is 0 Å². The van der Waals surface area contributed by atoms with Gasteiger partial charge in [-0.2, -0.15) is 0 Å². The van der Waals surface area contributed by atoms with Crippen LogP contribution in [0.4, 0.5) is 0 Å². The van der Waals surface area contributed by atoms with E-state index in [4.69, 9.17) is 23.7 Å². The van der Waals surface area contributed by atoms with Crippen LogP contribution in [0.25, 0.3) is 0 Å². The number of methoxy groups -OCH3 is 1. The van der Waals surface area contributed by atoms with Crippen LogP contribution in [0.1, 0.15) is 25.0 Å². The van der Waals surface area contributed by atoms with Gasteiger partial charge in [0, 0.05) is 6.92 Å². The molecule has 0 saturated carbocycles. The predicted octanol–water partition coefficient (Wildman–Crippen LogP) is 3.74. The standard InChI is InChI=1S/C25H30O7S/c1-4-33-25-23(31-17(2)26)21(30-16-19-13-9-6-10-14-19)20(22(32-25)24(27)28-3)29-15-18-11-7-5-8-12-18/h5-14,20-23,25H,4,15-16H2,1-3H3/t20-,21-,22-,23+,25-/m0/s1. The maximum Gasteiger partial charge on any atom is 0.337 e. The number of rotatable bonds is 10. The molecule has 178 valence electrons. The molecule has 33 heavy (non-hydrogen) atoms. The molecule has 0 spiro atoms. The highest BCUT2D eigenvalue weighted by atomic mass is 32.2. The van der Waals surface area contributed by atoms with E-state index in [1.165, 1.54) is 25.8 Å². The Morgan fingerprint density at radius 3 is 1.91 bits per heavy atom. The summed E-state index contributed by atoms with van der Waals surface area (Å²) in [5.41, 5.74) is 1.26. The molecule has 1 aliphatic heterocycles. The van der Waals surface area contributed by atoms with E-state index < -0.39 is 41.8 Å². The van der Waals surface area contributed by atoms with E-state index in [-0.39, 0.29) is 13.2 Å². The average molecular weight is 475 g/mol. The molecule has 1 heterocycles. The van der Waals surface area contributed by atoms with Crippen LogP contribution in [0.2, 0.25) is 0 Å². The van der Waals surface area contributed by atoms with Gasteiger partial charge in [-0.25, -0.2) is 4.79 Å². The summed E-state index contributed by atoms with van der Waals surface area (Å²) < 4.78 is 29.2. The lowest BCUT2D eigenvalue weighted by Gasteiger charge is -2.44. The molecule has 1 aliphatic rings. The minimum Gasteiger partial charge on any atom is -0.467 e. The fourth-order valence-corrected chi connectivity index (χ4v) is 4.56. The van der Waals surface area contributed by atoms with Crippen molar-refractivity contribution < 1.29 is 33.3 Å². The molecule has 7 nitrogen and oxygen atoms in total. The first-order valence-corrected chi connectivity index (χ1v) is 11.9. The van der Waals surface area contributed by atoms with E-state index in [0.717, 1.165) is 11.1 Å². The molecule has 0 N–H and O–H groups in total. The van der Waals surface area contributed by atoms with Crippen molar-refractivity contribution in [1.82, 2.24) is 0 Å². The molecule has 0 amide bonds. The third-order valence-corrected chi connectivity index (χ3v) is 6.17. The van der Waals surface area contributed by atoms with Crippen LogP contribution in [0.5, 0.6) is 0 Å². The first-order chi connectivity index (χ1) is 16.0. The van der Waals surface area contributed by atoms with E-state index in [9.17, 15) is 9.59 Å². The predicted molar refractivity (Wildman–Crippen MR) is 124 cm³/mol. The van der Waals surface area contributed by atoms with Gasteiger partial charge in [-0.1, -0.05) is 67.6 Å². The van der Waals surface area contributed by atoms with Crippen LogP contribution in [-0.4, -0.2) is 54.7 Å². The van der Waals surface area contributed by atoms with Crippen LogP contribution >= 0.6 is 11.8 Å². The second-order valence-corrected chi connectivity index (χ2v) is 8.88. The Balaban J connectivity index is 1.92. The van der Waals surface area contributed by atoms with Crippen molar-refractivity contribution in [2.45, 2.75) is 56.9 Å². The number of carbonyl (C=O) groups is 2. The Morgan fingerprint density at radius 1 is 0.879 bits per heavy atom. The molecule has 8 heteroatoms. The monoisotopic (exact) mass is 474 g/mol. The summed E-state index contributed by atoms with van der Waals surface area (Å²) in [6, 6.07) is 19.2. The first-order valence-electron chi connectivity index (χ1n) is 10.9. The van der Waals surface area contributed by atoms with E-state index in [0.29, 0.717) is 5.75 Å². The summed E-state index contributed by atoms with van der Waals surface area (Å²) in [5, 5.41) is 0. The molecular formula is C25H30O7S. The van der Waals surface area contributed by atoms with E-state index >= 15 is 0 Å². The molecule has 0 radical (unpaired) electrons. The Morgan fingerprint density at radius 2 is 1.42 bits per heavy atom. The number of carbonyl (C=O) groups excluding carboxylic acids is 2. The molecule has 2 aromatic carbocycles. The summed E-state index contributed by atoms with van der Waals surface area (Å²) in [6.07, 6.45) is -3.40. The Hall–Kier alpha value is -2.39. The van der Waals surface area contributed by atoms with Gasteiger partial charge in [0.05, 0.1) is 20.3 Å². The van der Waals surface area contributed by atoms with Gasteiger partial charge in [0.15, 0.2) is 12.2 Å². The zero-order chi connectivity index (χ0) is 23.6. The highest BCUT2D eigenvalue weighted by Crippen LogP contribution is 2.35. The van der Waals surface area contributed by atoms with Gasteiger partial charge in [0.25, 0.3) is 0 Å². The van der Waals surface area contributed by atoms with Gasteiger partial charge in [0.2, 0.25) is 0 Å². The number of ether oxygens (including phenoxy) is 5. The Bertz CT molecular complexity index is 877. The minimum absolute atomic E-state index is 0.228. The molecule has 0 aliphatic carbocycles. The Labute approximate surface area is 198 Å². The van der Waals surface area contributed by atoms with Crippen molar-refractivity contribution in [2.24, 2.45) is 0 Å². The third-order valence-electron chi connectivity index (χ3n) is 5.13. The van der Waals surface area contributed by atoms with Crippen LogP contribution in [-0.2, 0) is 46.5 Å². The number of esters is 2. The van der Waals surface area contributed by atoms with Crippen molar-refractivity contribution in [3.8, 4) is 0 Å². The quantitative estimate of drug-likeness (QED) is 0.482. The van der Waals surface area contributed by atoms with Crippen LogP contribution in [0.15, 0.2) is 60.7 Å². The summed E-state index contributed by atoms with van der Waals surface area (Å²) >= 11 is 1.43. The normalized spacial score (nSPS) is 24.8. The van der Waals surface area contributed by atoms with Crippen molar-refractivity contribution in [3.05, 3.63) is 71.8 Å². The van der Waals surface area contributed by atoms with Crippen molar-refractivity contribution in [3.63, 3.8) is 0 Å². The molecule has 5 atom stereocenters. The fourth-order valence-electron chi connectivity index (χ4n) is 3.64. The highest BCUT2D eigenvalue weighted by Gasteiger charge is 2.52. The molecule has 3 rings (SSSR count). The summed E-state index contributed by atoms with van der Waals surface area (Å²) in [7, 11) is 1.31. The maximum absolute atomic E-state index is 12.7. The molecular weight excluding hydrogens is 444 g/mol. The van der Waals surface area contributed by atoms with E-state index in [1.807, 2.05) is 67.6 Å². The summed E-state index contributed by atoms with van der Waals surface area (Å²) in [6.45, 7) is 3.79. The lowest BCUT2D eigenvalue weighted by molar-refractivity contribution is -0.243. The van der Waals surface area contributed by atoms with Crippen molar-refractivity contribution >= 4 is 23.7 Å². The molecule has 0 unspecified atom stereocenters. The number of thioether (sulfide) groups is 1. The average Bonchev–Trinajstić information content (AvgIpc) is 2.83. The van der Waals surface area contributed by atoms with Gasteiger partial charge in [-0.15, -0.1) is 11.8 Å². The SMILES string of the molecule is CCS[C@@H]1O[C@H](C(=O)OC)[C@@H](OCc2ccccc2)[C@H](OCc2ccccc2)[C@H]1OC(C)=O. The van der Waals surface area contributed by atoms with Gasteiger partial charge >= 0.3 is 11.9 Å². The summed E-state index contributed by atoms with van der Waals surface area (Å²) in [5.74, 6) is -0.335. The molecule has 0 bridgehead atoms. The first kappa shape index (κ1) is 25.2. The minimum atomic E-state index is -1.03. The van der Waals surface area contributed by atoms with E-state index in [2.05, 4.69) is 0 Å². The zero-order valence-electron chi connectivity index (χ0n) is 19.0. The lowest BCUT2D eigenvalue weighted by Crippen LogP contribution is -2.61. The topological polar surface area (TPSA) is 80.3 Å². The zero-order valence-corrected chi connectivity index (χ0v) is 19.9. The second-order valence-electron chi connectivity index (χ2n) is 7.50. The smallest absolute Gasteiger partial charge is 0.337 e. The van der Waals surface area contributed by atoms with E-state index in [1.54, 1.807) is 0 Å². The molecule has 2 aromatic rings. The van der Waals surface area contributed by atoms with Gasteiger partial charge < -0.3 is 23.7 Å². The van der Waals surface area contributed by atoms with Gasteiger partial charge in [0.1, 0.15) is 17.6 Å². The highest BCUT2D eigenvalue weighted by molar-refractivity contribution is 7.99. The molecule has 1 fully saturated rings. The number of benzene rings is 2. The second kappa shape index (κ2) is 12.7. The molecule has 0 aromatic heterocycles. The van der Waals surface area contributed by atoms with Crippen molar-refractivity contribution in [1.29, 1.82) is 0 Å². The number of hydrogen-bond acceptors (Lipinski definition) is 8. The van der Waals surface area contributed by atoms with Gasteiger partial charge in [-0.3, -0.25) is 4.79 Å². The number of hydrogen-bond donors (Lipinski definition) is 0. The van der Waals surface area contributed by atoms with Gasteiger partial charge in [-0.05, 0) is 16.9 Å². The van der Waals surface area contributed by atoms with Crippen LogP contribution in [0, 0.1) is 0 Å². The van der Waals surface area contributed by atoms with Crippen LogP contribution < -0.4 is 0 Å². The summed E-state index contributed by atoms with van der Waals surface area (Å²) in [4.78, 5) is 24.7. The largest absolute Gasteiger partial charge is 0.467 e. The third kappa shape index (κ3) is 7.04. The van der Waals surface area contributed by atoms with Crippen molar-refractivity contribution in [2.75, 3.05) is 12.9 Å². The fraction of sp³-hybridized carbons (Fsp3) is 0.440. The maximum atomic E-state index is 12.7. The lowest BCUT2D eigenvalue weighted by atomic mass is 9.98. The molecule has 1 saturated heterocycles.